The van der Waals surface area contributed by atoms with Crippen LogP contribution in [-0.4, -0.2) is 112 Å². The van der Waals surface area contributed by atoms with Crippen molar-refractivity contribution in [2.75, 3.05) is 72.9 Å². The number of aryl methyl sites for hydroxylation is 2. The normalized spacial score (nSPS) is 28.0. The summed E-state index contributed by atoms with van der Waals surface area (Å²) in [6.07, 6.45) is 9.66. The Labute approximate surface area is 407 Å². The molecule has 360 valence electrons. The van der Waals surface area contributed by atoms with Crippen molar-refractivity contribution in [3.05, 3.63) is 63.7 Å². The fourth-order valence-corrected chi connectivity index (χ4v) is 16.7. The fraction of sp³-hybridized carbons (Fsp3) is 0.551. The Hall–Kier alpha value is -4.82. The van der Waals surface area contributed by atoms with Crippen LogP contribution in [-0.2, 0) is 23.7 Å². The number of anilines is 5. The number of ether oxygens (including phenoxy) is 1. The third kappa shape index (κ3) is 7.56. The summed E-state index contributed by atoms with van der Waals surface area (Å²) in [5, 5.41) is 15.6. The van der Waals surface area contributed by atoms with Gasteiger partial charge in [0.15, 0.2) is 6.61 Å². The van der Waals surface area contributed by atoms with Gasteiger partial charge in [0, 0.05) is 18.1 Å². The molecular formula is C49H56ClF2IN11O4-. The van der Waals surface area contributed by atoms with Crippen LogP contribution in [0.2, 0.25) is 5.02 Å². The summed E-state index contributed by atoms with van der Waals surface area (Å²) >= 11 is 6.74. The number of likely N-dealkylation sites (tertiary alicyclic amines) is 1. The second kappa shape index (κ2) is 16.1. The maximum absolute atomic E-state index is 15.2. The minimum absolute atomic E-state index is 0.0473. The van der Waals surface area contributed by atoms with E-state index in [4.69, 9.17) is 26.4 Å². The first-order valence-electron chi connectivity index (χ1n) is 24.0. The van der Waals surface area contributed by atoms with Gasteiger partial charge in [0.2, 0.25) is 5.75 Å². The van der Waals surface area contributed by atoms with E-state index in [1.54, 1.807) is 19.3 Å². The standard InChI is InChI=1S/C49H56ClF2IN11O4/c1-46-25-64(30-7-8-31-36(23-30)61(3)59-38(31)32-9-11-37(65)56-43(32)66)21-16-48(46,53-46)26-62-17-12-47(13-18-62)14-19-63(20-15-47)45-54-24-34(50)42(58-45)55-29-6-10-35-33(22-29)39-40(44(67)60(35)2)68-27-49(51,52)41(57-39)28-4-5-28/h6-8,10,22-24,28,32,41,57H,4-5,9,11-21,25-27H2,1-3H3,(H,54,55,58)(H,56,65,66)/q-1/t32?,41-,46-,48-/m0/s1. The Morgan fingerprint density at radius 1 is 0.926 bits per heavy atom. The number of nitrogens with zero attached hydrogens (tertiary/aromatic N) is 8. The molecular weight excluding hydrogens is 1010 g/mol. The van der Waals surface area contributed by atoms with Crippen LogP contribution in [0.5, 0.6) is 5.75 Å². The van der Waals surface area contributed by atoms with E-state index < -0.39 is 30.0 Å². The van der Waals surface area contributed by atoms with Crippen LogP contribution < -0.4 is 57.3 Å². The van der Waals surface area contributed by atoms with Gasteiger partial charge in [-0.05, 0) is 37.0 Å². The maximum atomic E-state index is 15.2. The summed E-state index contributed by atoms with van der Waals surface area (Å²) in [5.74, 6) is -3.21. The van der Waals surface area contributed by atoms with E-state index in [1.165, 1.54) is 36.1 Å². The Morgan fingerprint density at radius 2 is 1.69 bits per heavy atom. The van der Waals surface area contributed by atoms with Crippen molar-refractivity contribution < 1.29 is 44.3 Å². The zero-order chi connectivity index (χ0) is 46.9. The van der Waals surface area contributed by atoms with Crippen molar-refractivity contribution in [1.82, 2.24) is 34.5 Å². The number of piperidine rings is 4. The molecule has 4 atom stereocenters. The monoisotopic (exact) mass is 1060 g/mol. The van der Waals surface area contributed by atoms with Crippen LogP contribution in [0, 0.1) is 11.3 Å². The number of fused-ring (bicyclic) bond motifs is 5. The van der Waals surface area contributed by atoms with E-state index in [0.29, 0.717) is 77.0 Å². The van der Waals surface area contributed by atoms with Crippen LogP contribution in [0.3, 0.4) is 0 Å². The van der Waals surface area contributed by atoms with E-state index in [1.807, 2.05) is 23.9 Å². The molecule has 5 saturated heterocycles. The average Bonchev–Trinajstić information content (AvgIpc) is 4.24. The number of nitrogens with one attached hydrogen (secondary N) is 3. The zero-order valence-corrected chi connectivity index (χ0v) is 41.4. The van der Waals surface area contributed by atoms with Crippen LogP contribution >= 0.6 is 11.6 Å². The number of halogens is 4. The van der Waals surface area contributed by atoms with Gasteiger partial charge in [-0.2, -0.15) is 0 Å². The van der Waals surface area contributed by atoms with Gasteiger partial charge in [0.25, 0.3) is 5.56 Å². The van der Waals surface area contributed by atoms with Crippen LogP contribution in [0.4, 0.5) is 37.6 Å². The summed E-state index contributed by atoms with van der Waals surface area (Å²) in [7, 11) is 3.56. The first-order chi connectivity index (χ1) is 32.6. The number of carbonyl (C=O) groups is 2. The molecule has 9 heterocycles. The number of rotatable bonds is 8. The molecule has 6 aliphatic heterocycles. The van der Waals surface area contributed by atoms with Gasteiger partial charge in [-0.15, -0.1) is 0 Å². The molecule has 6 fully saturated rings. The molecule has 19 heteroatoms. The number of pyridine rings is 1. The molecule has 1 unspecified atom stereocenters. The molecule has 12 rings (SSSR count). The summed E-state index contributed by atoms with van der Waals surface area (Å²) in [4.78, 5) is 54.9. The Bertz CT molecular complexity index is 2970. The number of hydrogen-bond acceptors (Lipinski definition) is 12. The van der Waals surface area contributed by atoms with E-state index in [9.17, 15) is 14.4 Å². The number of hydrogen-bond donors (Lipinski definition) is 3. The third-order valence-electron chi connectivity index (χ3n) is 16.5. The Morgan fingerprint density at radius 3 is 2.44 bits per heavy atom. The number of carbonyl (C=O) groups excluding carboxylic acids is 2. The molecule has 1 spiro atoms. The van der Waals surface area contributed by atoms with Gasteiger partial charge >= 0.3 is 265 Å². The molecule has 68 heavy (non-hydrogen) atoms. The summed E-state index contributed by atoms with van der Waals surface area (Å²) in [6, 6.07) is 10.9. The molecule has 1 aliphatic carbocycles. The van der Waals surface area contributed by atoms with Gasteiger partial charge in [-0.3, -0.25) is 9.59 Å². The van der Waals surface area contributed by atoms with Crippen molar-refractivity contribution in [3.8, 4) is 5.75 Å². The van der Waals surface area contributed by atoms with Crippen molar-refractivity contribution in [1.29, 1.82) is 0 Å². The second-order valence-electron chi connectivity index (χ2n) is 20.7. The number of imide groups is 1. The molecule has 1 saturated carbocycles. The van der Waals surface area contributed by atoms with Gasteiger partial charge in [0.05, 0.1) is 17.2 Å². The summed E-state index contributed by atoms with van der Waals surface area (Å²) in [6.45, 7) is 9.00. The van der Waals surface area contributed by atoms with Gasteiger partial charge in [0.1, 0.15) is 5.02 Å². The number of amides is 2. The summed E-state index contributed by atoms with van der Waals surface area (Å²) in [5.41, 5.74) is 4.36. The molecule has 2 aromatic carbocycles. The van der Waals surface area contributed by atoms with Gasteiger partial charge < -0.3 is 19.9 Å². The molecule has 2 amide bonds. The average molecular weight is 1060 g/mol. The first-order valence-corrected chi connectivity index (χ1v) is 26.6. The Kier molecular flexibility index (Phi) is 10.5. The molecule has 5 aromatic rings. The minimum atomic E-state index is -3.12. The number of benzene rings is 2. The predicted octanol–water partition coefficient (Wildman–Crippen LogP) is 3.54. The zero-order valence-electron chi connectivity index (χ0n) is 38.5. The van der Waals surface area contributed by atoms with E-state index >= 15 is 8.78 Å². The van der Waals surface area contributed by atoms with E-state index in [0.717, 1.165) is 68.7 Å². The first kappa shape index (κ1) is 44.4. The van der Waals surface area contributed by atoms with Crippen molar-refractivity contribution >= 4 is 74.0 Å². The molecule has 0 radical (unpaired) electrons. The Balaban J connectivity index is 0.667. The van der Waals surface area contributed by atoms with Crippen molar-refractivity contribution in [3.63, 3.8) is 0 Å². The van der Waals surface area contributed by atoms with Gasteiger partial charge in [-0.25, -0.2) is 8.78 Å². The molecule has 3 N–H and O–H groups in total. The molecule has 15 nitrogen and oxygen atoms in total. The third-order valence-corrected chi connectivity index (χ3v) is 21.9. The van der Waals surface area contributed by atoms with Gasteiger partial charge in [-0.1, -0.05) is 11.6 Å². The predicted molar refractivity (Wildman–Crippen MR) is 253 cm³/mol. The number of aromatic nitrogens is 5. The second-order valence-corrected chi connectivity index (χ2v) is 26.1. The number of alkyl halides is 4. The topological polar surface area (TPSA) is 155 Å². The van der Waals surface area contributed by atoms with Crippen molar-refractivity contribution in [2.45, 2.75) is 89.4 Å². The molecule has 7 aliphatic rings. The van der Waals surface area contributed by atoms with Crippen LogP contribution in [0.25, 0.3) is 21.8 Å². The molecule has 3 aromatic heterocycles. The van der Waals surface area contributed by atoms with E-state index in [-0.39, 0.29) is 44.7 Å². The fourth-order valence-electron chi connectivity index (χ4n) is 12.0. The molecule has 0 bridgehead atoms. The van der Waals surface area contributed by atoms with Crippen molar-refractivity contribution in [2.24, 2.45) is 25.4 Å². The van der Waals surface area contributed by atoms with Crippen LogP contribution in [0.1, 0.15) is 76.3 Å². The SMILES string of the molecule is Cn1nc(C2CCC(=O)NC2=O)c2ccc(N3CC[C@@]4(CN5CCC6(CC5)CCN(c5ncc(Cl)c(Nc7ccc8c(c7)c7c(c(=O)n8C)OCC(F)(F)[C@H](C8CC8)N7)n5)CC6)[I-][C@@]4(C)C3)cc21. The summed E-state index contributed by atoms with van der Waals surface area (Å²) < 4.78 is 40.1. The van der Waals surface area contributed by atoms with Crippen LogP contribution in [0.15, 0.2) is 47.4 Å². The quantitative estimate of drug-likeness (QED) is 0.118. The van der Waals surface area contributed by atoms with E-state index in [2.05, 4.69) is 60.8 Å².